The lowest BCUT2D eigenvalue weighted by Crippen LogP contribution is -2.38. The van der Waals surface area contributed by atoms with Crippen molar-refractivity contribution in [3.8, 4) is 5.75 Å². The van der Waals surface area contributed by atoms with E-state index in [1.807, 2.05) is 0 Å². The van der Waals surface area contributed by atoms with Crippen LogP contribution >= 0.6 is 18.1 Å². The van der Waals surface area contributed by atoms with Gasteiger partial charge in [0.1, 0.15) is 23.4 Å². The maximum Gasteiger partial charge on any atom is 0.409 e. The number of hydrogen-bond donors (Lipinski definition) is 1. The predicted octanol–water partition coefficient (Wildman–Crippen LogP) is 11.1. The zero-order valence-corrected chi connectivity index (χ0v) is 27.5. The predicted molar refractivity (Wildman–Crippen MR) is 173 cm³/mol. The fourth-order valence-corrected chi connectivity index (χ4v) is 6.68. The number of esters is 1. The largest absolute Gasteiger partial charge is 0.465 e. The van der Waals surface area contributed by atoms with Gasteiger partial charge in [-0.05, 0) is 42.7 Å². The fourth-order valence-electron chi connectivity index (χ4n) is 5.08. The van der Waals surface area contributed by atoms with Crippen molar-refractivity contribution >= 4 is 24.1 Å². The highest BCUT2D eigenvalue weighted by Crippen LogP contribution is 2.48. The second-order valence-electron chi connectivity index (χ2n) is 11.4. The van der Waals surface area contributed by atoms with Gasteiger partial charge < -0.3 is 9.26 Å². The van der Waals surface area contributed by atoms with Gasteiger partial charge in [0, 0.05) is 17.3 Å². The SMILES string of the molecule is CCCCCCCCCCCCCCCCCCCOC(=O)[C@H](Cc1cc(F)cc(F)c1)NP(=O)(Cl)Oc1ccccc1. The van der Waals surface area contributed by atoms with Gasteiger partial charge in [-0.2, -0.15) is 0 Å². The Balaban J connectivity index is 1.63. The van der Waals surface area contributed by atoms with E-state index in [1.54, 1.807) is 30.3 Å². The lowest BCUT2D eigenvalue weighted by molar-refractivity contribution is -0.145. The minimum atomic E-state index is -4.03. The summed E-state index contributed by atoms with van der Waals surface area (Å²) in [5, 5.41) is 2.52. The molecule has 0 fully saturated rings. The molecule has 0 saturated heterocycles. The molecule has 0 bridgehead atoms. The summed E-state index contributed by atoms with van der Waals surface area (Å²) in [4.78, 5) is 12.9. The van der Waals surface area contributed by atoms with Gasteiger partial charge in [-0.15, -0.1) is 0 Å². The van der Waals surface area contributed by atoms with Crippen LogP contribution in [0.3, 0.4) is 0 Å². The number of hydrogen-bond acceptors (Lipinski definition) is 4. The number of nitrogens with one attached hydrogen (secondary N) is 1. The number of unbranched alkanes of at least 4 members (excludes halogenated alkanes) is 16. The van der Waals surface area contributed by atoms with Gasteiger partial charge >= 0.3 is 12.8 Å². The molecule has 0 spiro atoms. The second kappa shape index (κ2) is 22.5. The van der Waals surface area contributed by atoms with Crippen molar-refractivity contribution in [3.63, 3.8) is 0 Å². The summed E-state index contributed by atoms with van der Waals surface area (Å²) in [5.74, 6) is -2.01. The topological polar surface area (TPSA) is 64.6 Å². The highest BCUT2D eigenvalue weighted by molar-refractivity contribution is 7.84. The molecule has 2 aromatic rings. The van der Waals surface area contributed by atoms with Crippen LogP contribution in [0, 0.1) is 11.6 Å². The summed E-state index contributed by atoms with van der Waals surface area (Å²) in [7, 11) is 0. The van der Waals surface area contributed by atoms with Crippen LogP contribution in [0.4, 0.5) is 8.78 Å². The molecule has 0 amide bonds. The van der Waals surface area contributed by atoms with Crippen LogP contribution in [0.5, 0.6) is 5.75 Å². The van der Waals surface area contributed by atoms with Gasteiger partial charge in [0.15, 0.2) is 0 Å². The van der Waals surface area contributed by atoms with Crippen LogP contribution < -0.4 is 9.61 Å². The Labute approximate surface area is 262 Å². The highest BCUT2D eigenvalue weighted by Gasteiger charge is 2.31. The maximum absolute atomic E-state index is 13.8. The lowest BCUT2D eigenvalue weighted by atomic mass is 10.0. The highest BCUT2D eigenvalue weighted by atomic mass is 35.7. The zero-order valence-electron chi connectivity index (χ0n) is 25.8. The van der Waals surface area contributed by atoms with E-state index < -0.39 is 30.5 Å². The molecule has 1 unspecified atom stereocenters. The molecule has 0 radical (unpaired) electrons. The van der Waals surface area contributed by atoms with E-state index >= 15 is 0 Å². The molecular formula is C34H51ClF2NO4P. The normalized spacial score (nSPS) is 13.4. The van der Waals surface area contributed by atoms with Gasteiger partial charge in [0.2, 0.25) is 0 Å². The van der Waals surface area contributed by atoms with E-state index in [2.05, 4.69) is 12.0 Å². The van der Waals surface area contributed by atoms with E-state index in [4.69, 9.17) is 20.5 Å². The van der Waals surface area contributed by atoms with E-state index in [0.29, 0.717) is 6.42 Å². The number of ether oxygens (including phenoxy) is 1. The number of para-hydroxylation sites is 1. The Kier molecular flexibility index (Phi) is 19.5. The molecule has 0 heterocycles. The number of benzene rings is 2. The van der Waals surface area contributed by atoms with Crippen LogP contribution in [0.15, 0.2) is 48.5 Å². The lowest BCUT2D eigenvalue weighted by Gasteiger charge is -2.21. The Morgan fingerprint density at radius 2 is 1.23 bits per heavy atom. The Hall–Kier alpha value is -1.95. The van der Waals surface area contributed by atoms with Gasteiger partial charge in [0.05, 0.1) is 6.61 Å². The number of carbonyl (C=O) groups excluding carboxylic acids is 1. The molecule has 0 aliphatic rings. The third kappa shape index (κ3) is 18.5. The smallest absolute Gasteiger partial charge is 0.409 e. The monoisotopic (exact) mass is 641 g/mol. The third-order valence-electron chi connectivity index (χ3n) is 7.41. The van der Waals surface area contributed by atoms with Crippen LogP contribution in [-0.4, -0.2) is 18.6 Å². The molecule has 1 N–H and O–H groups in total. The molecule has 2 rings (SSSR count). The van der Waals surface area contributed by atoms with Crippen molar-refractivity contribution in [2.24, 2.45) is 0 Å². The molecule has 0 aromatic heterocycles. The van der Waals surface area contributed by atoms with Crippen molar-refractivity contribution in [1.29, 1.82) is 0 Å². The Morgan fingerprint density at radius 3 is 1.72 bits per heavy atom. The van der Waals surface area contributed by atoms with Gasteiger partial charge in [-0.25, -0.2) is 18.4 Å². The van der Waals surface area contributed by atoms with Crippen LogP contribution in [-0.2, 0) is 20.5 Å². The van der Waals surface area contributed by atoms with Crippen molar-refractivity contribution in [1.82, 2.24) is 5.09 Å². The Morgan fingerprint density at radius 1 is 0.767 bits per heavy atom. The second-order valence-corrected chi connectivity index (χ2v) is 14.1. The minimum Gasteiger partial charge on any atom is -0.465 e. The van der Waals surface area contributed by atoms with Crippen LogP contribution in [0.2, 0.25) is 0 Å². The molecule has 2 aromatic carbocycles. The fraction of sp³-hybridized carbons (Fsp3) is 0.618. The summed E-state index contributed by atoms with van der Waals surface area (Å²) in [6.07, 6.45) is 21.2. The van der Waals surface area contributed by atoms with E-state index in [-0.39, 0.29) is 24.3 Å². The summed E-state index contributed by atoms with van der Waals surface area (Å²) in [6.45, 7) is -1.58. The van der Waals surface area contributed by atoms with Gasteiger partial charge in [-0.1, -0.05) is 128 Å². The first kappa shape index (κ1) is 37.2. The number of halogens is 3. The molecule has 9 heteroatoms. The molecule has 242 valence electrons. The first-order valence-electron chi connectivity index (χ1n) is 16.2. The number of carbonyl (C=O) groups is 1. The van der Waals surface area contributed by atoms with E-state index in [9.17, 15) is 18.1 Å². The minimum absolute atomic E-state index is 0.179. The van der Waals surface area contributed by atoms with E-state index in [1.165, 1.54) is 83.5 Å². The van der Waals surface area contributed by atoms with Crippen LogP contribution in [0.1, 0.15) is 122 Å². The van der Waals surface area contributed by atoms with Crippen molar-refractivity contribution in [2.45, 2.75) is 129 Å². The van der Waals surface area contributed by atoms with E-state index in [0.717, 1.165) is 37.5 Å². The quantitative estimate of drug-likeness (QED) is 0.0664. The molecule has 5 nitrogen and oxygen atoms in total. The van der Waals surface area contributed by atoms with Crippen molar-refractivity contribution in [3.05, 3.63) is 65.7 Å². The van der Waals surface area contributed by atoms with Crippen molar-refractivity contribution in [2.75, 3.05) is 6.61 Å². The summed E-state index contributed by atoms with van der Waals surface area (Å²) in [6, 6.07) is 10.0. The molecular weight excluding hydrogens is 591 g/mol. The van der Waals surface area contributed by atoms with Gasteiger partial charge in [-0.3, -0.25) is 4.79 Å². The maximum atomic E-state index is 13.8. The first-order chi connectivity index (χ1) is 20.8. The van der Waals surface area contributed by atoms with Gasteiger partial charge in [0.25, 0.3) is 0 Å². The summed E-state index contributed by atoms with van der Waals surface area (Å²) < 4.78 is 51.3. The molecule has 0 aliphatic carbocycles. The third-order valence-corrected chi connectivity index (χ3v) is 8.98. The summed E-state index contributed by atoms with van der Waals surface area (Å²) in [5.41, 5.74) is 0.195. The standard InChI is InChI=1S/C34H51ClF2NO4P/c1-2-3-4-5-6-7-8-9-10-11-12-13-14-15-16-17-21-24-41-34(39)33(27-29-25-30(36)28-31(37)26-29)38-43(35,40)42-32-22-19-18-20-23-32/h18-20,22-23,25-26,28,33H,2-17,21,24,27H2,1H3,(H,38,40)/t33-,43?/m0/s1. The first-order valence-corrected chi connectivity index (χ1v) is 18.8. The average molecular weight is 642 g/mol. The Bertz CT molecular complexity index is 1060. The molecule has 43 heavy (non-hydrogen) atoms. The number of rotatable bonds is 25. The summed E-state index contributed by atoms with van der Waals surface area (Å²) >= 11 is 6.12. The van der Waals surface area contributed by atoms with Crippen molar-refractivity contribution < 1.29 is 27.4 Å². The van der Waals surface area contributed by atoms with Crippen LogP contribution in [0.25, 0.3) is 0 Å². The zero-order chi connectivity index (χ0) is 31.2. The average Bonchev–Trinajstić information content (AvgIpc) is 2.95. The molecule has 0 aliphatic heterocycles. The molecule has 2 atom stereocenters. The molecule has 0 saturated carbocycles.